The van der Waals surface area contributed by atoms with Crippen LogP contribution < -0.4 is 16.2 Å². The minimum atomic E-state index is -0.877. The smallest absolute Gasteiger partial charge is 0.274 e. The van der Waals surface area contributed by atoms with Crippen LogP contribution in [0.15, 0.2) is 53.5 Å². The van der Waals surface area contributed by atoms with Gasteiger partial charge < -0.3 is 19.9 Å². The van der Waals surface area contributed by atoms with Gasteiger partial charge in [-0.25, -0.2) is 0 Å². The van der Waals surface area contributed by atoms with Gasteiger partial charge in [-0.1, -0.05) is 30.3 Å². The zero-order valence-electron chi connectivity index (χ0n) is 14.3. The van der Waals surface area contributed by atoms with E-state index in [0.29, 0.717) is 32.5 Å². The van der Waals surface area contributed by atoms with E-state index in [1.807, 2.05) is 30.3 Å². The Kier molecular flexibility index (Phi) is 5.31. The van der Waals surface area contributed by atoms with Crippen LogP contribution in [0.1, 0.15) is 18.4 Å². The molecule has 1 amide bonds. The molecule has 2 N–H and O–H groups in total. The van der Waals surface area contributed by atoms with Gasteiger partial charge in [0.15, 0.2) is 0 Å². The molecule has 0 radical (unpaired) electrons. The number of hydrogen-bond donors (Lipinski definition) is 2. The van der Waals surface area contributed by atoms with Gasteiger partial charge in [-0.05, 0) is 43.6 Å². The van der Waals surface area contributed by atoms with Gasteiger partial charge in [-0.3, -0.25) is 9.59 Å². The lowest BCUT2D eigenvalue weighted by Gasteiger charge is -2.34. The van der Waals surface area contributed by atoms with Crippen molar-refractivity contribution >= 4 is 11.6 Å². The molecule has 1 aromatic carbocycles. The molecular weight excluding hydrogens is 318 g/mol. The fourth-order valence-corrected chi connectivity index (χ4v) is 3.13. The molecule has 0 aliphatic carbocycles. The third-order valence-corrected chi connectivity index (χ3v) is 4.68. The average molecular weight is 341 g/mol. The molecule has 6 nitrogen and oxygen atoms in total. The van der Waals surface area contributed by atoms with E-state index < -0.39 is 5.60 Å². The summed E-state index contributed by atoms with van der Waals surface area (Å²) in [5.41, 5.74) is 0.204. The molecule has 6 heteroatoms. The zero-order valence-corrected chi connectivity index (χ0v) is 14.3. The van der Waals surface area contributed by atoms with Crippen molar-refractivity contribution in [3.05, 3.63) is 64.6 Å². The predicted molar refractivity (Wildman–Crippen MR) is 96.7 cm³/mol. The molecule has 132 valence electrons. The van der Waals surface area contributed by atoms with Crippen molar-refractivity contribution in [2.24, 2.45) is 0 Å². The fourth-order valence-electron chi connectivity index (χ4n) is 3.13. The summed E-state index contributed by atoms with van der Waals surface area (Å²) in [6, 6.07) is 13.1. The van der Waals surface area contributed by atoms with E-state index in [4.69, 9.17) is 4.74 Å². The molecule has 1 aliphatic heterocycles. The first-order valence-corrected chi connectivity index (χ1v) is 8.45. The molecule has 1 aromatic heterocycles. The van der Waals surface area contributed by atoms with Crippen molar-refractivity contribution in [1.29, 1.82) is 0 Å². The second-order valence-electron chi connectivity index (χ2n) is 6.24. The Labute approximate surface area is 146 Å². The highest BCUT2D eigenvalue weighted by molar-refractivity contribution is 5.97. The maximum absolute atomic E-state index is 12.7. The van der Waals surface area contributed by atoms with E-state index >= 15 is 0 Å². The lowest BCUT2D eigenvalue weighted by molar-refractivity contribution is -0.140. The van der Waals surface area contributed by atoms with Crippen molar-refractivity contribution in [3.63, 3.8) is 0 Å². The number of carbonyl (C=O) groups is 1. The van der Waals surface area contributed by atoms with E-state index in [1.165, 1.54) is 0 Å². The van der Waals surface area contributed by atoms with Crippen LogP contribution in [0.4, 0.5) is 5.69 Å². The lowest BCUT2D eigenvalue weighted by atomic mass is 9.91. The van der Waals surface area contributed by atoms with Gasteiger partial charge in [0.05, 0.1) is 6.54 Å². The molecule has 1 saturated heterocycles. The van der Waals surface area contributed by atoms with E-state index in [2.05, 4.69) is 10.6 Å². The van der Waals surface area contributed by atoms with Crippen molar-refractivity contribution < 1.29 is 9.53 Å². The summed E-state index contributed by atoms with van der Waals surface area (Å²) in [6.07, 6.45) is 2.89. The zero-order chi connectivity index (χ0) is 17.7. The predicted octanol–water partition coefficient (Wildman–Crippen LogP) is 1.60. The second-order valence-corrected chi connectivity index (χ2v) is 6.24. The van der Waals surface area contributed by atoms with Crippen LogP contribution in [-0.4, -0.2) is 36.3 Å². The first-order valence-electron chi connectivity index (χ1n) is 8.45. The van der Waals surface area contributed by atoms with Crippen molar-refractivity contribution in [3.8, 4) is 0 Å². The molecular formula is C19H23N3O3. The van der Waals surface area contributed by atoms with Crippen LogP contribution in [-0.2, 0) is 16.1 Å². The normalized spacial score (nSPS) is 16.4. The Bertz CT molecular complexity index is 780. The van der Waals surface area contributed by atoms with E-state index in [0.717, 1.165) is 5.56 Å². The highest BCUT2D eigenvalue weighted by Gasteiger charge is 2.39. The molecule has 25 heavy (non-hydrogen) atoms. The molecule has 0 atom stereocenters. The third kappa shape index (κ3) is 3.81. The Morgan fingerprint density at radius 1 is 1.20 bits per heavy atom. The number of carbonyl (C=O) groups excluding carboxylic acids is 1. The number of anilines is 1. The third-order valence-electron chi connectivity index (χ3n) is 4.68. The minimum absolute atomic E-state index is 0.222. The highest BCUT2D eigenvalue weighted by Crippen LogP contribution is 2.24. The summed E-state index contributed by atoms with van der Waals surface area (Å²) in [5.74, 6) is -0.258. The van der Waals surface area contributed by atoms with Gasteiger partial charge in [0.1, 0.15) is 11.3 Å². The molecule has 2 heterocycles. The van der Waals surface area contributed by atoms with Gasteiger partial charge in [0, 0.05) is 13.3 Å². The summed E-state index contributed by atoms with van der Waals surface area (Å²) in [6.45, 7) is 1.89. The summed E-state index contributed by atoms with van der Waals surface area (Å²) >= 11 is 0. The molecule has 3 rings (SSSR count). The number of methoxy groups -OCH3 is 1. The van der Waals surface area contributed by atoms with Crippen LogP contribution in [0.5, 0.6) is 0 Å². The Morgan fingerprint density at radius 2 is 1.92 bits per heavy atom. The van der Waals surface area contributed by atoms with Crippen LogP contribution >= 0.6 is 0 Å². The second kappa shape index (κ2) is 7.63. The highest BCUT2D eigenvalue weighted by atomic mass is 16.5. The topological polar surface area (TPSA) is 72.4 Å². The largest absolute Gasteiger partial charge is 0.368 e. The molecule has 1 fully saturated rings. The average Bonchev–Trinajstić information content (AvgIpc) is 2.66. The number of rotatable bonds is 5. The SMILES string of the molecule is COC1(C(=O)Nc2cccn(Cc3ccccc3)c2=O)CCNCC1. The van der Waals surface area contributed by atoms with E-state index in [9.17, 15) is 9.59 Å². The maximum atomic E-state index is 12.7. The van der Waals surface area contributed by atoms with Gasteiger partial charge in [0.25, 0.3) is 11.5 Å². The summed E-state index contributed by atoms with van der Waals surface area (Å²) in [4.78, 5) is 25.4. The Morgan fingerprint density at radius 3 is 2.60 bits per heavy atom. The number of nitrogens with zero attached hydrogens (tertiary/aromatic N) is 1. The quantitative estimate of drug-likeness (QED) is 0.867. The summed E-state index contributed by atoms with van der Waals surface area (Å²) < 4.78 is 7.11. The fraction of sp³-hybridized carbons (Fsp3) is 0.368. The van der Waals surface area contributed by atoms with Crippen LogP contribution in [0.3, 0.4) is 0 Å². The molecule has 0 spiro atoms. The number of ether oxygens (including phenoxy) is 1. The van der Waals surface area contributed by atoms with Crippen LogP contribution in [0.2, 0.25) is 0 Å². The summed E-state index contributed by atoms with van der Waals surface area (Å²) in [5, 5.41) is 5.99. The molecule has 0 bridgehead atoms. The first kappa shape index (κ1) is 17.4. The monoisotopic (exact) mass is 341 g/mol. The van der Waals surface area contributed by atoms with Crippen molar-refractivity contribution in [2.45, 2.75) is 25.0 Å². The number of pyridine rings is 1. The van der Waals surface area contributed by atoms with E-state index in [-0.39, 0.29) is 17.2 Å². The lowest BCUT2D eigenvalue weighted by Crippen LogP contribution is -2.52. The molecule has 1 aliphatic rings. The number of hydrogen-bond acceptors (Lipinski definition) is 4. The number of amides is 1. The van der Waals surface area contributed by atoms with Crippen molar-refractivity contribution in [1.82, 2.24) is 9.88 Å². The van der Waals surface area contributed by atoms with E-state index in [1.54, 1.807) is 30.0 Å². The molecule has 0 unspecified atom stereocenters. The Hall–Kier alpha value is -2.44. The Balaban J connectivity index is 1.80. The van der Waals surface area contributed by atoms with Gasteiger partial charge in [-0.15, -0.1) is 0 Å². The number of nitrogens with one attached hydrogen (secondary N) is 2. The van der Waals surface area contributed by atoms with Gasteiger partial charge >= 0.3 is 0 Å². The van der Waals surface area contributed by atoms with Gasteiger partial charge in [-0.2, -0.15) is 0 Å². The van der Waals surface area contributed by atoms with Crippen LogP contribution in [0, 0.1) is 0 Å². The number of benzene rings is 1. The molecule has 0 saturated carbocycles. The maximum Gasteiger partial charge on any atom is 0.274 e. The summed E-state index contributed by atoms with van der Waals surface area (Å²) in [7, 11) is 1.55. The van der Waals surface area contributed by atoms with Gasteiger partial charge in [0.2, 0.25) is 0 Å². The van der Waals surface area contributed by atoms with Crippen LogP contribution in [0.25, 0.3) is 0 Å². The standard InChI is InChI=1S/C19H23N3O3/c1-25-19(9-11-20-12-10-19)18(24)21-16-8-5-13-22(17(16)23)14-15-6-3-2-4-7-15/h2-8,13,20H,9-12,14H2,1H3,(H,21,24). The number of aromatic nitrogens is 1. The molecule has 2 aromatic rings. The first-order chi connectivity index (χ1) is 12.1. The number of piperidine rings is 1. The minimum Gasteiger partial charge on any atom is -0.368 e. The van der Waals surface area contributed by atoms with Crippen molar-refractivity contribution in [2.75, 3.05) is 25.5 Å².